The zero-order chi connectivity index (χ0) is 35.1. The minimum absolute atomic E-state index is 0.209. The molecule has 0 radical (unpaired) electrons. The average Bonchev–Trinajstić information content (AvgIpc) is 3.06. The molecular weight excluding hydrogens is 798 g/mol. The smallest absolute Gasteiger partial charge is 0.0654 e. The molecule has 0 aromatic carbocycles. The second-order valence-electron chi connectivity index (χ2n) is 14.6. The van der Waals surface area contributed by atoms with Crippen molar-refractivity contribution < 1.29 is 20.5 Å². The van der Waals surface area contributed by atoms with Crippen LogP contribution in [0.25, 0.3) is 0 Å². The van der Waals surface area contributed by atoms with Gasteiger partial charge in [0, 0.05) is 0 Å². The summed E-state index contributed by atoms with van der Waals surface area (Å²) in [7, 11) is 0. The molecule has 0 spiro atoms. The van der Waals surface area contributed by atoms with Crippen molar-refractivity contribution >= 4 is 49.5 Å². The van der Waals surface area contributed by atoms with Crippen LogP contribution in [0.5, 0.6) is 0 Å². The Morgan fingerprint density at radius 3 is 1.02 bits per heavy atom. The van der Waals surface area contributed by atoms with Crippen molar-refractivity contribution in [2.24, 2.45) is 0 Å². The molecule has 47 heavy (non-hydrogen) atoms. The Labute approximate surface area is 303 Å². The van der Waals surface area contributed by atoms with Gasteiger partial charge in [-0.2, -0.15) is 0 Å². The van der Waals surface area contributed by atoms with Crippen molar-refractivity contribution in [2.75, 3.05) is 0 Å². The van der Waals surface area contributed by atoms with E-state index in [0.717, 1.165) is 44.9 Å². The van der Waals surface area contributed by atoms with Gasteiger partial charge in [-0.3, -0.25) is 0 Å². The molecule has 280 valence electrons. The van der Waals surface area contributed by atoms with E-state index in [1.807, 2.05) is 0 Å². The molecule has 0 atom stereocenters. The summed E-state index contributed by atoms with van der Waals surface area (Å²) in [5, 5.41) is 0. The second kappa shape index (κ2) is 32.4. The molecule has 0 N–H and O–H groups in total. The fourth-order valence-corrected chi connectivity index (χ4v) is 61.5. The number of esters is 2. The molecule has 0 fully saturated rings. The summed E-state index contributed by atoms with van der Waals surface area (Å²) in [6.45, 7) is 16.1. The number of rotatable bonds is 35. The van der Waals surface area contributed by atoms with Gasteiger partial charge >= 0.3 is 292 Å². The first kappa shape index (κ1) is 47.5. The van der Waals surface area contributed by atoms with E-state index in [1.165, 1.54) is 117 Å². The Morgan fingerprint density at radius 2 is 0.702 bits per heavy atom. The molecule has 0 unspecified atom stereocenters. The molecule has 0 rings (SSSR count). The van der Waals surface area contributed by atoms with Gasteiger partial charge in [0.2, 0.25) is 0 Å². The van der Waals surface area contributed by atoms with Crippen molar-refractivity contribution in [2.45, 2.75) is 235 Å². The number of unbranched alkanes of at least 4 members (excludes halogenated alkanes) is 13. The van der Waals surface area contributed by atoms with Crippen molar-refractivity contribution in [3.05, 3.63) is 0 Å². The summed E-state index contributed by atoms with van der Waals surface area (Å²) in [4.78, 5) is 25.8. The Bertz CT molecular complexity index is 674. The van der Waals surface area contributed by atoms with Crippen LogP contribution in [0.3, 0.4) is 0 Å². The molecule has 0 aliphatic carbocycles. The van der Waals surface area contributed by atoms with Crippen LogP contribution in [0.4, 0.5) is 0 Å². The summed E-state index contributed by atoms with van der Waals surface area (Å²) in [5.74, 6) is -0.418. The van der Waals surface area contributed by atoms with Crippen LogP contribution in [0.2, 0.25) is 26.6 Å². The zero-order valence-corrected chi connectivity index (χ0v) is 38.5. The van der Waals surface area contributed by atoms with Crippen LogP contribution in [0.15, 0.2) is 0 Å². The molecule has 0 amide bonds. The number of hydrogen-bond donors (Lipinski definition) is 0. The second-order valence-corrected chi connectivity index (χ2v) is 41.2. The van der Waals surface area contributed by atoms with Gasteiger partial charge in [0.1, 0.15) is 0 Å². The van der Waals surface area contributed by atoms with Gasteiger partial charge in [0.15, 0.2) is 0 Å². The van der Waals surface area contributed by atoms with Gasteiger partial charge in [-0.1, -0.05) is 13.8 Å². The molecule has 0 aliphatic heterocycles. The van der Waals surface area contributed by atoms with E-state index in [-0.39, 0.29) is 11.9 Å². The predicted molar refractivity (Wildman–Crippen MR) is 208 cm³/mol. The first-order valence-electron chi connectivity index (χ1n) is 20.9. The van der Waals surface area contributed by atoms with Gasteiger partial charge in [-0.25, -0.2) is 0 Å². The van der Waals surface area contributed by atoms with E-state index in [0.29, 0.717) is 19.3 Å². The third-order valence-electron chi connectivity index (χ3n) is 9.93. The van der Waals surface area contributed by atoms with Crippen LogP contribution in [-0.4, -0.2) is 55.8 Å². The Kier molecular flexibility index (Phi) is 32.8. The molecule has 0 heterocycles. The van der Waals surface area contributed by atoms with E-state index in [4.69, 9.17) is 10.9 Å². The third kappa shape index (κ3) is 25.2. The van der Waals surface area contributed by atoms with Gasteiger partial charge < -0.3 is 0 Å². The summed E-state index contributed by atoms with van der Waals surface area (Å²) >= 11 is -5.82. The number of hydrogen-bond acceptors (Lipinski definition) is 5. The molecule has 0 saturated carbocycles. The standard InChI is InChI=1S/C20H37O4.5C4H9.O.2Sn/c1-4-7-9-11-13-16-18(21)23-20(15-6-3)24-19(22)17-14-12-10-8-5-2;5*1-3-4-2;;;/h20H,3-17H2,1-2H3;5*1,3-4H2,2H3;;;. The van der Waals surface area contributed by atoms with Crippen molar-refractivity contribution in [1.82, 2.24) is 0 Å². The summed E-state index contributed by atoms with van der Waals surface area (Å²) in [6, 6.07) is 0. The fourth-order valence-electron chi connectivity index (χ4n) is 6.90. The first-order valence-corrected chi connectivity index (χ1v) is 35.3. The predicted octanol–water partition coefficient (Wildman–Crippen LogP) is 13.8. The van der Waals surface area contributed by atoms with Crippen molar-refractivity contribution in [3.63, 3.8) is 0 Å². The molecule has 0 aliphatic rings. The topological polar surface area (TPSA) is 61.8 Å². The zero-order valence-electron chi connectivity index (χ0n) is 32.8. The maximum atomic E-state index is 12.9. The Hall–Kier alpha value is 0.497. The molecule has 7 heteroatoms. The third-order valence-corrected chi connectivity index (χ3v) is 50.6. The number of ether oxygens (including phenoxy) is 2. The van der Waals surface area contributed by atoms with Crippen molar-refractivity contribution in [1.29, 1.82) is 0 Å². The molecule has 0 bridgehead atoms. The summed E-state index contributed by atoms with van der Waals surface area (Å²) in [5.41, 5.74) is 0. The van der Waals surface area contributed by atoms with Gasteiger partial charge in [-0.05, 0) is 0 Å². The van der Waals surface area contributed by atoms with Gasteiger partial charge in [0.05, 0.1) is 0 Å². The van der Waals surface area contributed by atoms with E-state index in [2.05, 4.69) is 48.5 Å². The van der Waals surface area contributed by atoms with E-state index < -0.39 is 43.9 Å². The normalized spacial score (nSPS) is 12.2. The quantitative estimate of drug-likeness (QED) is 0.0275. The number of carbonyl (C=O) groups is 2. The molecule has 0 aromatic heterocycles. The monoisotopic (exact) mass is 882 g/mol. The molecule has 5 nitrogen and oxygen atoms in total. The van der Waals surface area contributed by atoms with E-state index in [1.54, 1.807) is 0 Å². The summed E-state index contributed by atoms with van der Waals surface area (Å²) in [6.07, 6.45) is 25.3. The molecular formula is C40H82O5Sn2. The van der Waals surface area contributed by atoms with Gasteiger partial charge in [-0.15, -0.1) is 0 Å². The molecule has 0 saturated heterocycles. The van der Waals surface area contributed by atoms with Crippen molar-refractivity contribution in [3.8, 4) is 0 Å². The SMILES string of the molecule is CCCCCCCC(=O)OC(CC[CH2][Sn]([CH2]CCC)([CH2]CCC)[O][Sn]([CH2]CCC)([CH2]CCC)[CH2]CCC)OC(=O)CCCCCCC. The number of carbonyl (C=O) groups excluding carboxylic acids is 2. The fraction of sp³-hybridized carbons (Fsp3) is 0.950. The molecule has 0 aromatic rings. The average molecular weight is 881 g/mol. The van der Waals surface area contributed by atoms with Crippen LogP contribution < -0.4 is 0 Å². The maximum absolute atomic E-state index is 12.9. The van der Waals surface area contributed by atoms with Gasteiger partial charge in [0.25, 0.3) is 0 Å². The Morgan fingerprint density at radius 1 is 0.404 bits per heavy atom. The van der Waals surface area contributed by atoms with Crippen LogP contribution in [0, 0.1) is 0 Å². The van der Waals surface area contributed by atoms with E-state index in [9.17, 15) is 9.59 Å². The minimum Gasteiger partial charge on any atom is -0.0654 e. The van der Waals surface area contributed by atoms with Crippen LogP contribution in [0.1, 0.15) is 203 Å². The Balaban J connectivity index is 5.94. The van der Waals surface area contributed by atoms with Crippen LogP contribution in [-0.2, 0) is 20.5 Å². The first-order chi connectivity index (χ1) is 22.8. The minimum atomic E-state index is -3.01. The van der Waals surface area contributed by atoms with Crippen LogP contribution >= 0.6 is 0 Å². The summed E-state index contributed by atoms with van der Waals surface area (Å²) < 4.78 is 27.9. The van der Waals surface area contributed by atoms with E-state index >= 15 is 0 Å².